The number of azo groups is 1. The molecule has 11 heavy (non-hydrogen) atoms. The second kappa shape index (κ2) is 4.41. The Hall–Kier alpha value is -0.480. The molecule has 0 spiro atoms. The Morgan fingerprint density at radius 1 is 1.36 bits per heavy atom. The first-order valence-corrected chi connectivity index (χ1v) is 3.65. The predicted octanol–water partition coefficient (Wildman–Crippen LogP) is 2.04. The van der Waals surface area contributed by atoms with Crippen molar-refractivity contribution < 1.29 is 0 Å². The summed E-state index contributed by atoms with van der Waals surface area (Å²) in [7, 11) is 3.55. The summed E-state index contributed by atoms with van der Waals surface area (Å²) in [6.45, 7) is 6.68. The third kappa shape index (κ3) is 7.42. The van der Waals surface area contributed by atoms with Crippen LogP contribution in [-0.4, -0.2) is 31.3 Å². The van der Waals surface area contributed by atoms with Gasteiger partial charge >= 0.3 is 0 Å². The van der Waals surface area contributed by atoms with E-state index in [1.165, 1.54) is 0 Å². The lowest BCUT2D eigenvalue weighted by Crippen LogP contribution is -2.24. The number of hydrogen-bond acceptors (Lipinski definition) is 3. The van der Waals surface area contributed by atoms with Crippen molar-refractivity contribution in [1.29, 1.82) is 0 Å². The van der Waals surface area contributed by atoms with Gasteiger partial charge in [0.15, 0.2) is 0 Å². The smallest absolute Gasteiger partial charge is 0.0954 e. The molecular formula is C7H17N4-. The first-order chi connectivity index (χ1) is 4.95. The summed E-state index contributed by atoms with van der Waals surface area (Å²) in [5.41, 5.74) is 4.30. The second-order valence-electron chi connectivity index (χ2n) is 3.41. The van der Waals surface area contributed by atoms with E-state index in [4.69, 9.17) is 0 Å². The topological polar surface area (TPSA) is 42.1 Å². The van der Waals surface area contributed by atoms with Crippen molar-refractivity contribution in [3.63, 3.8) is 0 Å². The highest BCUT2D eigenvalue weighted by Gasteiger charge is 1.97. The standard InChI is InChI=1S/C7H17N4/c1-7(2,3)10-11(5)6-9-8-4/h6H2,1-5H3/q-1. The summed E-state index contributed by atoms with van der Waals surface area (Å²) in [4.78, 5) is 0. The molecule has 0 saturated carbocycles. The highest BCUT2D eigenvalue weighted by atomic mass is 15.5. The van der Waals surface area contributed by atoms with Crippen LogP contribution in [0.25, 0.3) is 5.43 Å². The van der Waals surface area contributed by atoms with Gasteiger partial charge in [-0.15, -0.1) is 5.54 Å². The van der Waals surface area contributed by atoms with Crippen LogP contribution >= 0.6 is 0 Å². The number of rotatable bonds is 3. The molecule has 0 rings (SSSR count). The fourth-order valence-electron chi connectivity index (χ4n) is 0.699. The number of hydrogen-bond donors (Lipinski definition) is 0. The fraction of sp³-hybridized carbons (Fsp3) is 1.00. The summed E-state index contributed by atoms with van der Waals surface area (Å²) in [5.74, 6) is 0. The van der Waals surface area contributed by atoms with E-state index < -0.39 is 0 Å². The molecular weight excluding hydrogens is 140 g/mol. The lowest BCUT2D eigenvalue weighted by atomic mass is 10.1. The monoisotopic (exact) mass is 157 g/mol. The normalized spacial score (nSPS) is 13.3. The van der Waals surface area contributed by atoms with Crippen molar-refractivity contribution in [1.82, 2.24) is 5.01 Å². The molecule has 4 nitrogen and oxygen atoms in total. The molecule has 0 aliphatic rings. The van der Waals surface area contributed by atoms with Crippen LogP contribution in [-0.2, 0) is 0 Å². The minimum atomic E-state index is -0.0298. The van der Waals surface area contributed by atoms with Gasteiger partial charge in [0.05, 0.1) is 6.67 Å². The molecule has 0 radical (unpaired) electrons. The van der Waals surface area contributed by atoms with E-state index in [-0.39, 0.29) is 5.54 Å². The largest absolute Gasteiger partial charge is 0.588 e. The Morgan fingerprint density at radius 3 is 2.27 bits per heavy atom. The van der Waals surface area contributed by atoms with E-state index in [2.05, 4.69) is 15.7 Å². The Bertz CT molecular complexity index is 125. The second-order valence-corrected chi connectivity index (χ2v) is 3.41. The van der Waals surface area contributed by atoms with Gasteiger partial charge in [-0.3, -0.25) is 0 Å². The van der Waals surface area contributed by atoms with Crippen LogP contribution in [0.3, 0.4) is 0 Å². The third-order valence-electron chi connectivity index (χ3n) is 0.880. The highest BCUT2D eigenvalue weighted by Crippen LogP contribution is 2.15. The zero-order chi connectivity index (χ0) is 8.91. The summed E-state index contributed by atoms with van der Waals surface area (Å²) in [6.07, 6.45) is 0. The van der Waals surface area contributed by atoms with Crippen molar-refractivity contribution in [2.24, 2.45) is 10.2 Å². The molecule has 0 atom stereocenters. The van der Waals surface area contributed by atoms with Gasteiger partial charge in [0.2, 0.25) is 0 Å². The average Bonchev–Trinajstić information content (AvgIpc) is 1.79. The van der Waals surface area contributed by atoms with Crippen LogP contribution in [0.15, 0.2) is 10.2 Å². The molecule has 4 heteroatoms. The van der Waals surface area contributed by atoms with Gasteiger partial charge in [0, 0.05) is 7.05 Å². The molecule has 0 bridgehead atoms. The minimum Gasteiger partial charge on any atom is -0.588 e. The lowest BCUT2D eigenvalue weighted by Gasteiger charge is -2.43. The molecule has 0 fully saturated rings. The Labute approximate surface area is 68.7 Å². The van der Waals surface area contributed by atoms with Gasteiger partial charge in [-0.25, -0.2) is 0 Å². The first kappa shape index (κ1) is 10.5. The van der Waals surface area contributed by atoms with E-state index in [1.807, 2.05) is 27.8 Å². The molecule has 0 aromatic carbocycles. The summed E-state index contributed by atoms with van der Waals surface area (Å²) in [6, 6.07) is 0. The maximum Gasteiger partial charge on any atom is 0.0954 e. The van der Waals surface area contributed by atoms with Crippen molar-refractivity contribution in [2.75, 3.05) is 20.8 Å². The van der Waals surface area contributed by atoms with E-state index in [9.17, 15) is 0 Å². The van der Waals surface area contributed by atoms with Crippen LogP contribution in [0, 0.1) is 0 Å². The zero-order valence-corrected chi connectivity index (χ0v) is 8.00. The van der Waals surface area contributed by atoms with E-state index >= 15 is 0 Å². The van der Waals surface area contributed by atoms with Crippen molar-refractivity contribution in [3.8, 4) is 0 Å². The molecule has 0 heterocycles. The van der Waals surface area contributed by atoms with Crippen LogP contribution < -0.4 is 0 Å². The van der Waals surface area contributed by atoms with Gasteiger partial charge in [-0.05, 0) is 7.05 Å². The third-order valence-corrected chi connectivity index (χ3v) is 0.880. The van der Waals surface area contributed by atoms with Gasteiger partial charge in [0.1, 0.15) is 0 Å². The highest BCUT2D eigenvalue weighted by molar-refractivity contribution is 4.92. The molecule has 0 aliphatic carbocycles. The predicted molar refractivity (Wildman–Crippen MR) is 46.5 cm³/mol. The molecule has 66 valence electrons. The Balaban J connectivity index is 3.60. The Morgan fingerprint density at radius 2 is 1.91 bits per heavy atom. The first-order valence-electron chi connectivity index (χ1n) is 3.65. The summed E-state index contributed by atoms with van der Waals surface area (Å²) >= 11 is 0. The molecule has 0 saturated heterocycles. The van der Waals surface area contributed by atoms with E-state index in [0.29, 0.717) is 6.67 Å². The summed E-state index contributed by atoms with van der Waals surface area (Å²) in [5, 5.41) is 9.23. The van der Waals surface area contributed by atoms with Gasteiger partial charge in [0.25, 0.3) is 0 Å². The SMILES string of the molecule is CN=NCN(C)[N-]C(C)(C)C. The van der Waals surface area contributed by atoms with Crippen molar-refractivity contribution in [3.05, 3.63) is 5.43 Å². The lowest BCUT2D eigenvalue weighted by molar-refractivity contribution is 0.364. The van der Waals surface area contributed by atoms with Crippen LogP contribution in [0.1, 0.15) is 20.8 Å². The molecule has 0 unspecified atom stereocenters. The van der Waals surface area contributed by atoms with Crippen LogP contribution in [0.2, 0.25) is 0 Å². The van der Waals surface area contributed by atoms with Crippen LogP contribution in [0.4, 0.5) is 0 Å². The molecule has 0 amide bonds. The fourth-order valence-corrected chi connectivity index (χ4v) is 0.699. The van der Waals surface area contributed by atoms with Gasteiger partial charge < -0.3 is 10.4 Å². The maximum atomic E-state index is 4.33. The quantitative estimate of drug-likeness (QED) is 0.456. The average molecular weight is 157 g/mol. The molecule has 0 aliphatic heterocycles. The van der Waals surface area contributed by atoms with E-state index in [0.717, 1.165) is 0 Å². The van der Waals surface area contributed by atoms with E-state index in [1.54, 1.807) is 12.1 Å². The molecule has 0 aromatic rings. The number of nitrogens with zero attached hydrogens (tertiary/aromatic N) is 4. The molecule has 0 N–H and O–H groups in total. The van der Waals surface area contributed by atoms with Gasteiger partial charge in [-0.2, -0.15) is 10.2 Å². The van der Waals surface area contributed by atoms with Crippen molar-refractivity contribution >= 4 is 0 Å². The molecule has 0 aromatic heterocycles. The van der Waals surface area contributed by atoms with Crippen molar-refractivity contribution in [2.45, 2.75) is 26.3 Å². The Kier molecular flexibility index (Phi) is 4.22. The minimum absolute atomic E-state index is 0.0298. The zero-order valence-electron chi connectivity index (χ0n) is 8.00. The maximum absolute atomic E-state index is 4.33. The van der Waals surface area contributed by atoms with Crippen LogP contribution in [0.5, 0.6) is 0 Å². The summed E-state index contributed by atoms with van der Waals surface area (Å²) < 4.78 is 0. The van der Waals surface area contributed by atoms with Gasteiger partial charge in [-0.1, -0.05) is 20.8 Å².